The van der Waals surface area contributed by atoms with Crippen LogP contribution < -0.4 is 4.74 Å². The van der Waals surface area contributed by atoms with Crippen molar-refractivity contribution in [2.75, 3.05) is 7.11 Å². The van der Waals surface area contributed by atoms with Crippen molar-refractivity contribution >= 4 is 21.9 Å². The predicted molar refractivity (Wildman–Crippen MR) is 59.9 cm³/mol. The number of hydrogen-bond acceptors (Lipinski definition) is 4. The second-order valence-electron chi connectivity index (χ2n) is 3.49. The molecule has 0 spiro atoms. The average molecular weight is 382 g/mol. The van der Waals surface area contributed by atoms with Crippen LogP contribution in [0, 0.1) is 0 Å². The number of carbonyl (C=O) groups excluding carboxylic acids is 1. The molecule has 1 rings (SSSR count). The largest absolute Gasteiger partial charge is 0.573 e. The SMILES string of the molecule is COC(=O)c1cnc(CBr)c(C(F)(F)F)c1OC(F)(F)F. The summed E-state index contributed by atoms with van der Waals surface area (Å²) in [4.78, 5) is 14.6. The third-order valence-electron chi connectivity index (χ3n) is 2.14. The van der Waals surface area contributed by atoms with Gasteiger partial charge in [0.25, 0.3) is 0 Å². The van der Waals surface area contributed by atoms with E-state index in [2.05, 4.69) is 30.4 Å². The summed E-state index contributed by atoms with van der Waals surface area (Å²) in [6, 6.07) is 0. The Morgan fingerprint density at radius 3 is 2.24 bits per heavy atom. The minimum Gasteiger partial charge on any atom is -0.465 e. The molecule has 0 radical (unpaired) electrons. The number of rotatable bonds is 3. The maximum absolute atomic E-state index is 13.0. The van der Waals surface area contributed by atoms with Crippen molar-refractivity contribution in [3.8, 4) is 5.75 Å². The van der Waals surface area contributed by atoms with Crippen molar-refractivity contribution in [3.05, 3.63) is 23.0 Å². The van der Waals surface area contributed by atoms with E-state index in [0.717, 1.165) is 7.11 Å². The van der Waals surface area contributed by atoms with Gasteiger partial charge in [0.15, 0.2) is 5.75 Å². The zero-order chi connectivity index (χ0) is 16.4. The minimum atomic E-state index is -5.42. The monoisotopic (exact) mass is 381 g/mol. The van der Waals surface area contributed by atoms with Gasteiger partial charge in [-0.15, -0.1) is 13.2 Å². The molecule has 0 saturated carbocycles. The van der Waals surface area contributed by atoms with Gasteiger partial charge in [0.1, 0.15) is 11.1 Å². The molecule has 0 amide bonds. The van der Waals surface area contributed by atoms with Crippen molar-refractivity contribution in [1.29, 1.82) is 0 Å². The van der Waals surface area contributed by atoms with Crippen LogP contribution in [0.5, 0.6) is 5.75 Å². The van der Waals surface area contributed by atoms with Gasteiger partial charge in [0, 0.05) is 11.5 Å². The lowest BCUT2D eigenvalue weighted by Gasteiger charge is -2.19. The molecular formula is C10H6BrF6NO3. The summed E-state index contributed by atoms with van der Waals surface area (Å²) in [5, 5.41) is -0.489. The van der Waals surface area contributed by atoms with Crippen LogP contribution in [0.4, 0.5) is 26.3 Å². The molecule has 0 atom stereocenters. The number of esters is 1. The fourth-order valence-corrected chi connectivity index (χ4v) is 1.83. The summed E-state index contributed by atoms with van der Waals surface area (Å²) in [5.41, 5.74) is -3.62. The van der Waals surface area contributed by atoms with E-state index in [9.17, 15) is 31.1 Å². The minimum absolute atomic E-state index is 0.489. The molecule has 0 bridgehead atoms. The Hall–Kier alpha value is -1.52. The van der Waals surface area contributed by atoms with Gasteiger partial charge in [0.05, 0.1) is 12.8 Å². The zero-order valence-corrected chi connectivity index (χ0v) is 11.7. The molecule has 0 aliphatic heterocycles. The zero-order valence-electron chi connectivity index (χ0n) is 10.1. The summed E-state index contributed by atoms with van der Waals surface area (Å²) < 4.78 is 83.3. The highest BCUT2D eigenvalue weighted by Gasteiger charge is 2.44. The van der Waals surface area contributed by atoms with Crippen LogP contribution in [0.3, 0.4) is 0 Å². The number of halogens is 7. The van der Waals surface area contributed by atoms with Crippen LogP contribution in [0.2, 0.25) is 0 Å². The molecule has 1 heterocycles. The number of alkyl halides is 7. The quantitative estimate of drug-likeness (QED) is 0.455. The molecule has 4 nitrogen and oxygen atoms in total. The van der Waals surface area contributed by atoms with Crippen molar-refractivity contribution < 1.29 is 40.6 Å². The van der Waals surface area contributed by atoms with Crippen LogP contribution >= 0.6 is 15.9 Å². The summed E-state index contributed by atoms with van der Waals surface area (Å²) in [6.45, 7) is 0. The van der Waals surface area contributed by atoms with Gasteiger partial charge in [-0.2, -0.15) is 13.2 Å². The summed E-state index contributed by atoms with van der Waals surface area (Å²) >= 11 is 2.68. The van der Waals surface area contributed by atoms with E-state index in [0.29, 0.717) is 6.20 Å². The highest BCUT2D eigenvalue weighted by molar-refractivity contribution is 9.08. The van der Waals surface area contributed by atoms with Gasteiger partial charge < -0.3 is 9.47 Å². The Kier molecular flexibility index (Phi) is 5.07. The van der Waals surface area contributed by atoms with E-state index in [4.69, 9.17) is 0 Å². The molecule has 11 heteroatoms. The van der Waals surface area contributed by atoms with Gasteiger partial charge in [-0.05, 0) is 0 Å². The first-order valence-corrected chi connectivity index (χ1v) is 6.12. The molecule has 0 fully saturated rings. The standard InChI is InChI=1S/C10H6BrF6NO3/c1-20-8(19)4-3-18-5(2-11)6(9(12,13)14)7(4)21-10(15,16)17/h3H,2H2,1H3. The molecule has 1 aromatic heterocycles. The predicted octanol–water partition coefficient (Wildman–Crippen LogP) is 3.68. The van der Waals surface area contributed by atoms with E-state index in [-0.39, 0.29) is 0 Å². The van der Waals surface area contributed by atoms with Crippen molar-refractivity contribution in [1.82, 2.24) is 4.98 Å². The second kappa shape index (κ2) is 6.08. The Morgan fingerprint density at radius 2 is 1.86 bits per heavy atom. The van der Waals surface area contributed by atoms with Crippen LogP contribution in [-0.2, 0) is 16.2 Å². The Labute approximate surface area is 122 Å². The van der Waals surface area contributed by atoms with Crippen LogP contribution in [0.1, 0.15) is 21.6 Å². The van der Waals surface area contributed by atoms with Gasteiger partial charge in [0.2, 0.25) is 0 Å². The van der Waals surface area contributed by atoms with Gasteiger partial charge in [-0.25, -0.2) is 4.79 Å². The van der Waals surface area contributed by atoms with Crippen molar-refractivity contribution in [2.24, 2.45) is 0 Å². The fourth-order valence-electron chi connectivity index (χ4n) is 1.40. The van der Waals surface area contributed by atoms with Crippen LogP contribution in [0.25, 0.3) is 0 Å². The number of hydrogen-bond donors (Lipinski definition) is 0. The highest BCUT2D eigenvalue weighted by Crippen LogP contribution is 2.42. The lowest BCUT2D eigenvalue weighted by molar-refractivity contribution is -0.276. The molecule has 0 aliphatic carbocycles. The average Bonchev–Trinajstić information content (AvgIpc) is 2.33. The third kappa shape index (κ3) is 4.22. The number of aromatic nitrogens is 1. The van der Waals surface area contributed by atoms with Gasteiger partial charge in [-0.1, -0.05) is 15.9 Å². The van der Waals surface area contributed by atoms with E-state index < -0.39 is 46.4 Å². The number of carbonyl (C=O) groups is 1. The Bertz CT molecular complexity index is 543. The van der Waals surface area contributed by atoms with Crippen LogP contribution in [0.15, 0.2) is 6.20 Å². The molecule has 0 aromatic carbocycles. The van der Waals surface area contributed by atoms with Gasteiger partial charge in [-0.3, -0.25) is 4.98 Å². The fraction of sp³-hybridized carbons (Fsp3) is 0.400. The molecule has 118 valence electrons. The number of pyridine rings is 1. The lowest BCUT2D eigenvalue weighted by atomic mass is 10.1. The van der Waals surface area contributed by atoms with Crippen molar-refractivity contribution in [3.63, 3.8) is 0 Å². The lowest BCUT2D eigenvalue weighted by Crippen LogP contribution is -2.24. The van der Waals surface area contributed by atoms with E-state index in [1.807, 2.05) is 0 Å². The first-order chi connectivity index (χ1) is 9.51. The highest BCUT2D eigenvalue weighted by atomic mass is 79.9. The van der Waals surface area contributed by atoms with Crippen molar-refractivity contribution in [2.45, 2.75) is 17.9 Å². The summed E-state index contributed by atoms with van der Waals surface area (Å²) in [5.74, 6) is -3.13. The number of methoxy groups -OCH3 is 1. The van der Waals surface area contributed by atoms with E-state index in [1.165, 1.54) is 0 Å². The Morgan fingerprint density at radius 1 is 1.29 bits per heavy atom. The molecule has 1 aromatic rings. The third-order valence-corrected chi connectivity index (χ3v) is 2.67. The van der Waals surface area contributed by atoms with E-state index in [1.54, 1.807) is 0 Å². The first kappa shape index (κ1) is 17.5. The van der Waals surface area contributed by atoms with Crippen LogP contribution in [-0.4, -0.2) is 24.4 Å². The first-order valence-electron chi connectivity index (χ1n) is 5.00. The maximum atomic E-state index is 13.0. The molecule has 0 saturated heterocycles. The molecule has 21 heavy (non-hydrogen) atoms. The summed E-state index contributed by atoms with van der Waals surface area (Å²) in [7, 11) is 0.797. The molecule has 0 aliphatic rings. The number of nitrogens with zero attached hydrogens (tertiary/aromatic N) is 1. The van der Waals surface area contributed by atoms with Gasteiger partial charge >= 0.3 is 18.5 Å². The second-order valence-corrected chi connectivity index (χ2v) is 4.05. The smallest absolute Gasteiger partial charge is 0.465 e. The molecular weight excluding hydrogens is 376 g/mol. The summed E-state index contributed by atoms with van der Waals surface area (Å²) in [6.07, 6.45) is -10.1. The molecule has 0 unspecified atom stereocenters. The number of ether oxygens (including phenoxy) is 2. The topological polar surface area (TPSA) is 48.4 Å². The maximum Gasteiger partial charge on any atom is 0.573 e. The molecule has 0 N–H and O–H groups in total. The Balaban J connectivity index is 3.66. The van der Waals surface area contributed by atoms with E-state index >= 15 is 0 Å². The normalized spacial score (nSPS) is 12.2.